The molecule has 0 unspecified atom stereocenters. The molecule has 2 fully saturated rings. The monoisotopic (exact) mass is 651 g/mol. The van der Waals surface area contributed by atoms with Crippen LogP contribution >= 0.6 is 0 Å². The van der Waals surface area contributed by atoms with Crippen molar-refractivity contribution in [1.82, 2.24) is 14.9 Å². The fraction of sp³-hybridized carbons (Fsp3) is 0.467. The third kappa shape index (κ3) is 7.60. The highest BCUT2D eigenvalue weighted by molar-refractivity contribution is 8.15. The summed E-state index contributed by atoms with van der Waals surface area (Å²) in [6.07, 6.45) is -1.57. The van der Waals surface area contributed by atoms with Crippen molar-refractivity contribution in [3.05, 3.63) is 59.3 Å². The van der Waals surface area contributed by atoms with Crippen molar-refractivity contribution in [1.29, 1.82) is 0 Å². The molecule has 11 nitrogen and oxygen atoms in total. The first kappa shape index (κ1) is 32.7. The Morgan fingerprint density at radius 1 is 1.13 bits per heavy atom. The highest BCUT2D eigenvalue weighted by Crippen LogP contribution is 2.37. The molecule has 5 rings (SSSR count). The van der Waals surface area contributed by atoms with Crippen LogP contribution in [0.3, 0.4) is 0 Å². The van der Waals surface area contributed by atoms with Gasteiger partial charge in [0.2, 0.25) is 5.95 Å². The first-order valence-corrected chi connectivity index (χ1v) is 17.2. The number of nitrogens with one attached hydrogen (secondary N) is 2. The Bertz CT molecular complexity index is 1590. The van der Waals surface area contributed by atoms with Crippen molar-refractivity contribution in [2.75, 3.05) is 85.9 Å². The minimum absolute atomic E-state index is 0.0603. The fourth-order valence-corrected chi connectivity index (χ4v) is 5.97. The summed E-state index contributed by atoms with van der Waals surface area (Å²) in [6, 6.07) is 11.3. The second-order valence-electron chi connectivity index (χ2n) is 11.9. The quantitative estimate of drug-likeness (QED) is 0.288. The van der Waals surface area contributed by atoms with Crippen LogP contribution in [0.25, 0.3) is 0 Å². The van der Waals surface area contributed by atoms with Crippen molar-refractivity contribution >= 4 is 38.4 Å². The van der Waals surface area contributed by atoms with Crippen LogP contribution in [0.5, 0.6) is 5.75 Å². The van der Waals surface area contributed by atoms with Gasteiger partial charge in [-0.2, -0.15) is 22.4 Å². The Morgan fingerprint density at radius 3 is 2.44 bits per heavy atom. The molecule has 2 saturated heterocycles. The van der Waals surface area contributed by atoms with Gasteiger partial charge < -0.3 is 25.0 Å². The lowest BCUT2D eigenvalue weighted by Crippen LogP contribution is -2.56. The van der Waals surface area contributed by atoms with E-state index in [0.717, 1.165) is 56.8 Å². The zero-order chi connectivity index (χ0) is 32.6. The van der Waals surface area contributed by atoms with Gasteiger partial charge in [-0.1, -0.05) is 12.1 Å². The number of ether oxygens (including phenoxy) is 2. The van der Waals surface area contributed by atoms with E-state index in [9.17, 15) is 21.9 Å². The van der Waals surface area contributed by atoms with Crippen LogP contribution in [0.1, 0.15) is 16.7 Å². The van der Waals surface area contributed by atoms with Gasteiger partial charge in [-0.3, -0.25) is 13.8 Å². The van der Waals surface area contributed by atoms with E-state index in [4.69, 9.17) is 9.47 Å². The van der Waals surface area contributed by atoms with Crippen molar-refractivity contribution in [3.8, 4) is 5.75 Å². The molecule has 3 N–H and O–H groups in total. The number of aryl methyl sites for hydroxylation is 1. The van der Waals surface area contributed by atoms with E-state index in [1.54, 1.807) is 24.3 Å². The van der Waals surface area contributed by atoms with E-state index < -0.39 is 27.1 Å². The summed E-state index contributed by atoms with van der Waals surface area (Å²) in [5, 5.41) is 5.78. The fourth-order valence-electron chi connectivity index (χ4n) is 5.24. The molecular weight excluding hydrogens is 611 g/mol. The van der Waals surface area contributed by atoms with E-state index >= 15 is 0 Å². The predicted octanol–water partition coefficient (Wildman–Crippen LogP) is 4.59. The van der Waals surface area contributed by atoms with Crippen LogP contribution in [0.15, 0.2) is 42.6 Å². The zero-order valence-corrected chi connectivity index (χ0v) is 26.8. The number of piperazine rings is 1. The molecule has 0 radical (unpaired) electrons. The molecule has 15 heteroatoms. The first-order chi connectivity index (χ1) is 21.1. The second-order valence-corrected chi connectivity index (χ2v) is 15.8. The highest BCUT2D eigenvalue weighted by atomic mass is 32.3. The van der Waals surface area contributed by atoms with Gasteiger partial charge in [-0.25, -0.2) is 4.98 Å². The summed E-state index contributed by atoms with van der Waals surface area (Å²) >= 11 is 0. The summed E-state index contributed by atoms with van der Waals surface area (Å²) in [5.41, 5.74) is 2.18. The summed E-state index contributed by atoms with van der Waals surface area (Å²) in [7, 11) is -1.18. The van der Waals surface area contributed by atoms with Gasteiger partial charge in [0.25, 0.3) is 0 Å². The van der Waals surface area contributed by atoms with Crippen LogP contribution in [0.2, 0.25) is 0 Å². The number of anilines is 5. The van der Waals surface area contributed by atoms with Gasteiger partial charge in [0, 0.05) is 70.2 Å². The number of hydrogen-bond donors (Lipinski definition) is 3. The smallest absolute Gasteiger partial charge is 0.421 e. The van der Waals surface area contributed by atoms with Crippen molar-refractivity contribution in [2.45, 2.75) is 25.7 Å². The number of halogens is 3. The molecule has 3 aromatic rings. The predicted molar refractivity (Wildman–Crippen MR) is 171 cm³/mol. The summed E-state index contributed by atoms with van der Waals surface area (Å²) in [6.45, 7) is 6.87. The lowest BCUT2D eigenvalue weighted by Gasteiger charge is -2.45. The normalized spacial score (nSPS) is 17.3. The minimum Gasteiger partial charge on any atom is -0.494 e. The number of alkyl halides is 3. The maximum absolute atomic E-state index is 14.0. The molecule has 0 saturated carbocycles. The molecule has 0 amide bonds. The first-order valence-electron chi connectivity index (χ1n) is 14.5. The Balaban J connectivity index is 1.35. The number of benzene rings is 2. The standard InChI is InChI=1S/C30H40F3N7O4S/c1-20-6-7-21(26(14-20)38(2)45(4,5,41)42)16-34-28-24(30(31,32)33)17-35-29(37-28)36-25-9-8-22(15-27(25)43-3)39-10-12-40(13-11-39)23-18-44-19-23/h6-9,14-15,17,23H,10-13,16,18-19H2,1-5H3,(H,41,42)(H2,34,35,36,37). The largest absolute Gasteiger partial charge is 0.494 e. The van der Waals surface area contributed by atoms with E-state index in [0.29, 0.717) is 28.7 Å². The maximum Gasteiger partial charge on any atom is 0.421 e. The average Bonchev–Trinajstić information content (AvgIpc) is 2.94. The molecule has 0 bridgehead atoms. The van der Waals surface area contributed by atoms with Crippen molar-refractivity contribution in [3.63, 3.8) is 0 Å². The van der Waals surface area contributed by atoms with Crippen LogP contribution in [-0.4, -0.2) is 95.7 Å². The number of hydrogen-bond acceptors (Lipinski definition) is 9. The Morgan fingerprint density at radius 2 is 1.84 bits per heavy atom. The van der Waals surface area contributed by atoms with E-state index in [2.05, 4.69) is 30.4 Å². The molecule has 246 valence electrons. The number of rotatable bonds is 10. The van der Waals surface area contributed by atoms with Crippen LogP contribution in [0, 0.1) is 6.92 Å². The van der Waals surface area contributed by atoms with E-state index in [-0.39, 0.29) is 12.5 Å². The van der Waals surface area contributed by atoms with E-state index in [1.165, 1.54) is 31.0 Å². The topological polar surface area (TPSA) is 115 Å². The van der Waals surface area contributed by atoms with Gasteiger partial charge in [0.1, 0.15) is 17.1 Å². The molecule has 3 heterocycles. The SMILES string of the molecule is COc1cc(N2CCN(C3COC3)CC2)ccc1Nc1ncc(C(F)(F)F)c(NCc2ccc(C)cc2N(C)S(C)(C)(=O)O)n1. The molecule has 0 atom stereocenters. The number of methoxy groups -OCH3 is 1. The molecule has 2 aliphatic rings. The lowest BCUT2D eigenvalue weighted by atomic mass is 10.1. The molecule has 0 aliphatic carbocycles. The minimum atomic E-state index is -4.72. The van der Waals surface area contributed by atoms with Crippen molar-refractivity contribution < 1.29 is 31.4 Å². The summed E-state index contributed by atoms with van der Waals surface area (Å²) in [5.74, 6) is -0.00173. The molecule has 0 spiro atoms. The molecule has 2 aromatic carbocycles. The zero-order valence-electron chi connectivity index (χ0n) is 26.0. The lowest BCUT2D eigenvalue weighted by molar-refractivity contribution is -0.137. The third-order valence-corrected chi connectivity index (χ3v) is 9.91. The second kappa shape index (κ2) is 12.3. The Hall–Kier alpha value is -3.66. The van der Waals surface area contributed by atoms with Crippen LogP contribution in [-0.2, 0) is 27.0 Å². The highest BCUT2D eigenvalue weighted by Gasteiger charge is 2.36. The van der Waals surface area contributed by atoms with Crippen LogP contribution < -0.4 is 24.6 Å². The summed E-state index contributed by atoms with van der Waals surface area (Å²) < 4.78 is 77.6. The molecule has 2 aliphatic heterocycles. The third-order valence-electron chi connectivity index (χ3n) is 8.15. The summed E-state index contributed by atoms with van der Waals surface area (Å²) in [4.78, 5) is 12.8. The van der Waals surface area contributed by atoms with Gasteiger partial charge >= 0.3 is 6.18 Å². The van der Waals surface area contributed by atoms with Crippen molar-refractivity contribution in [2.24, 2.45) is 0 Å². The van der Waals surface area contributed by atoms with Crippen LogP contribution in [0.4, 0.5) is 42.0 Å². The molecular formula is C30H40F3N7O4S. The van der Waals surface area contributed by atoms with Gasteiger partial charge in [0.15, 0.2) is 0 Å². The Kier molecular flexibility index (Phi) is 8.92. The van der Waals surface area contributed by atoms with Gasteiger partial charge in [-0.15, -0.1) is 9.53 Å². The number of nitrogens with zero attached hydrogens (tertiary/aromatic N) is 5. The number of aromatic nitrogens is 2. The average molecular weight is 652 g/mol. The molecule has 1 aromatic heterocycles. The Labute approximate surface area is 261 Å². The van der Waals surface area contributed by atoms with E-state index in [1.807, 2.05) is 19.1 Å². The van der Waals surface area contributed by atoms with Gasteiger partial charge in [-0.05, 0) is 36.2 Å². The van der Waals surface area contributed by atoms with Gasteiger partial charge in [0.05, 0.1) is 37.7 Å². The molecule has 45 heavy (non-hydrogen) atoms. The maximum atomic E-state index is 14.0.